The molecule has 1 saturated carbocycles. The average molecular weight is 523 g/mol. The molecule has 1 saturated heterocycles. The van der Waals surface area contributed by atoms with Gasteiger partial charge in [0.2, 0.25) is 5.28 Å². The van der Waals surface area contributed by atoms with Gasteiger partial charge in [0.15, 0.2) is 5.79 Å². The molecule has 4 aromatic rings. The molecular weight excluding hydrogens is 496 g/mol. The van der Waals surface area contributed by atoms with Crippen molar-refractivity contribution < 1.29 is 9.47 Å². The van der Waals surface area contributed by atoms with Crippen LogP contribution < -0.4 is 11.1 Å². The van der Waals surface area contributed by atoms with Crippen LogP contribution in [-0.2, 0) is 9.47 Å². The molecule has 186 valence electrons. The van der Waals surface area contributed by atoms with E-state index in [-0.39, 0.29) is 29.5 Å². The van der Waals surface area contributed by atoms with Gasteiger partial charge in [-0.15, -0.1) is 0 Å². The number of aromatic nitrogens is 4. The summed E-state index contributed by atoms with van der Waals surface area (Å²) in [5, 5.41) is 6.35. The van der Waals surface area contributed by atoms with Crippen LogP contribution in [0.25, 0.3) is 22.2 Å². The van der Waals surface area contributed by atoms with Gasteiger partial charge in [0.1, 0.15) is 17.6 Å². The Hall–Kier alpha value is -2.98. The molecule has 2 aliphatic rings. The summed E-state index contributed by atoms with van der Waals surface area (Å²) in [6.07, 6.45) is 4.39. The Balaban J connectivity index is 1.45. The fraction of sp³-hybridized carbons (Fsp3) is 0.346. The predicted molar refractivity (Wildman–Crippen MR) is 143 cm³/mol. The Kier molecular flexibility index (Phi) is 5.56. The van der Waals surface area contributed by atoms with Gasteiger partial charge < -0.3 is 25.1 Å². The number of nitrogen functional groups attached to an aromatic ring is 1. The number of nitrogens with one attached hydrogen (secondary N) is 1. The number of benzene rings is 1. The maximum atomic E-state index is 6.51. The molecular formula is C26H27ClN6O2S. The molecule has 0 unspecified atom stereocenters. The lowest BCUT2D eigenvalue weighted by Crippen LogP contribution is -2.27. The summed E-state index contributed by atoms with van der Waals surface area (Å²) in [7, 11) is 0. The van der Waals surface area contributed by atoms with E-state index in [9.17, 15) is 0 Å². The van der Waals surface area contributed by atoms with Gasteiger partial charge in [-0.2, -0.15) is 4.98 Å². The molecule has 0 spiro atoms. The minimum atomic E-state index is -0.700. The molecule has 2 fully saturated rings. The van der Waals surface area contributed by atoms with Crippen LogP contribution >= 0.6 is 23.1 Å². The van der Waals surface area contributed by atoms with E-state index < -0.39 is 5.79 Å². The highest BCUT2D eigenvalue weighted by Gasteiger charge is 2.55. The standard InChI is InChI=1S/C26H27ClN6O2S/c1-13(2)30-17-8-14(16-11-29-36-12-16)7-15(9-17)19-10-20(22-21(19)34-26(3,4)35-22)33-6-5-18-23(28)31-25(27)32-24(18)33/h5-9,11-12,19-22,30H,1,10H2,2-4H3,(H2,28,31,32)/t19-,20-,21-,22+/m1/s1. The zero-order valence-corrected chi connectivity index (χ0v) is 21.8. The van der Waals surface area contributed by atoms with Gasteiger partial charge in [0.25, 0.3) is 0 Å². The molecule has 1 aliphatic heterocycles. The second-order valence-electron chi connectivity index (χ2n) is 9.97. The van der Waals surface area contributed by atoms with Crippen LogP contribution in [0.5, 0.6) is 0 Å². The largest absolute Gasteiger partial charge is 0.383 e. The second-order valence-corrected chi connectivity index (χ2v) is 11.0. The molecule has 36 heavy (non-hydrogen) atoms. The van der Waals surface area contributed by atoms with Crippen LogP contribution in [0.15, 0.2) is 54.3 Å². The number of allylic oxidation sites excluding steroid dienone is 1. The Morgan fingerprint density at radius 3 is 2.78 bits per heavy atom. The Labute approximate surface area is 218 Å². The number of hydrogen-bond donors (Lipinski definition) is 2. The molecule has 0 radical (unpaired) electrons. The summed E-state index contributed by atoms with van der Waals surface area (Å²) in [6, 6.07) is 8.46. The molecule has 3 aromatic heterocycles. The van der Waals surface area contributed by atoms with E-state index in [1.165, 1.54) is 17.1 Å². The van der Waals surface area contributed by atoms with Crippen LogP contribution in [0.3, 0.4) is 0 Å². The number of nitrogens with zero attached hydrogens (tertiary/aromatic N) is 4. The predicted octanol–water partition coefficient (Wildman–Crippen LogP) is 5.98. The fourth-order valence-electron chi connectivity index (χ4n) is 5.55. The zero-order chi connectivity index (χ0) is 25.2. The number of anilines is 2. The third-order valence-electron chi connectivity index (χ3n) is 6.87. The third-order valence-corrected chi connectivity index (χ3v) is 7.63. The van der Waals surface area contributed by atoms with Crippen LogP contribution in [0, 0.1) is 0 Å². The van der Waals surface area contributed by atoms with Crippen molar-refractivity contribution in [1.29, 1.82) is 0 Å². The molecule has 10 heteroatoms. The van der Waals surface area contributed by atoms with Crippen molar-refractivity contribution >= 4 is 45.7 Å². The fourth-order valence-corrected chi connectivity index (χ4v) is 6.26. The molecule has 1 aromatic carbocycles. The number of nitrogens with two attached hydrogens (primary N) is 1. The monoisotopic (exact) mass is 522 g/mol. The summed E-state index contributed by atoms with van der Waals surface area (Å²) in [5.74, 6) is -0.244. The van der Waals surface area contributed by atoms with Crippen molar-refractivity contribution in [2.24, 2.45) is 0 Å². The van der Waals surface area contributed by atoms with Crippen molar-refractivity contribution in [3.05, 3.63) is 65.2 Å². The first kappa shape index (κ1) is 23.4. The Morgan fingerprint density at radius 2 is 2.03 bits per heavy atom. The SMILES string of the molecule is C=C(C)Nc1cc(-c2cnsc2)cc([C@H]2C[C@@H](n3ccc4c(N)nc(Cl)nc43)[C@@H]3OC(C)(C)O[C@@H]32)c1. The van der Waals surface area contributed by atoms with Crippen molar-refractivity contribution in [2.75, 3.05) is 11.1 Å². The molecule has 0 bridgehead atoms. The smallest absolute Gasteiger partial charge is 0.226 e. The van der Waals surface area contributed by atoms with Crippen molar-refractivity contribution in [1.82, 2.24) is 18.9 Å². The highest BCUT2D eigenvalue weighted by Crippen LogP contribution is 2.52. The van der Waals surface area contributed by atoms with E-state index >= 15 is 0 Å². The highest BCUT2D eigenvalue weighted by atomic mass is 35.5. The molecule has 1 aliphatic carbocycles. The summed E-state index contributed by atoms with van der Waals surface area (Å²) in [6.45, 7) is 9.91. The van der Waals surface area contributed by atoms with Crippen LogP contribution in [0.2, 0.25) is 5.28 Å². The third kappa shape index (κ3) is 4.06. The van der Waals surface area contributed by atoms with Gasteiger partial charge in [-0.25, -0.2) is 9.36 Å². The maximum Gasteiger partial charge on any atom is 0.226 e. The van der Waals surface area contributed by atoms with Crippen molar-refractivity contribution in [2.45, 2.75) is 57.1 Å². The average Bonchev–Trinajstić information content (AvgIpc) is 3.56. The Bertz CT molecular complexity index is 1470. The zero-order valence-electron chi connectivity index (χ0n) is 20.2. The number of halogens is 1. The lowest BCUT2D eigenvalue weighted by molar-refractivity contribution is -0.157. The Morgan fingerprint density at radius 1 is 1.22 bits per heavy atom. The van der Waals surface area contributed by atoms with Crippen molar-refractivity contribution in [3.63, 3.8) is 0 Å². The number of ether oxygens (including phenoxy) is 2. The summed E-state index contributed by atoms with van der Waals surface area (Å²) in [4.78, 5) is 8.61. The number of rotatable bonds is 5. The van der Waals surface area contributed by atoms with E-state index in [2.05, 4.69) is 54.4 Å². The molecule has 4 atom stereocenters. The summed E-state index contributed by atoms with van der Waals surface area (Å²) in [5.41, 5.74) is 12.0. The van der Waals surface area contributed by atoms with Gasteiger partial charge in [-0.3, -0.25) is 0 Å². The van der Waals surface area contributed by atoms with Gasteiger partial charge in [-0.1, -0.05) is 12.6 Å². The minimum absolute atomic E-state index is 0.0198. The van der Waals surface area contributed by atoms with Crippen LogP contribution in [0.1, 0.15) is 44.7 Å². The quantitative estimate of drug-likeness (QED) is 0.311. The first-order valence-electron chi connectivity index (χ1n) is 11.8. The second kappa shape index (κ2) is 8.55. The van der Waals surface area contributed by atoms with E-state index in [1.807, 2.05) is 39.2 Å². The summed E-state index contributed by atoms with van der Waals surface area (Å²) < 4.78 is 19.4. The topological polar surface area (TPSA) is 100 Å². The highest BCUT2D eigenvalue weighted by molar-refractivity contribution is 7.03. The van der Waals surface area contributed by atoms with Crippen molar-refractivity contribution in [3.8, 4) is 11.1 Å². The van der Waals surface area contributed by atoms with Gasteiger partial charge in [0.05, 0.1) is 17.5 Å². The lowest BCUT2D eigenvalue weighted by Gasteiger charge is -2.25. The van der Waals surface area contributed by atoms with E-state index in [0.717, 1.165) is 34.3 Å². The van der Waals surface area contributed by atoms with E-state index in [1.54, 1.807) is 0 Å². The van der Waals surface area contributed by atoms with Gasteiger partial charge in [-0.05, 0) is 79.7 Å². The molecule has 6 rings (SSSR count). The molecule has 0 amide bonds. The van der Waals surface area contributed by atoms with Crippen LogP contribution in [0.4, 0.5) is 11.5 Å². The first-order chi connectivity index (χ1) is 17.2. The number of hydrogen-bond acceptors (Lipinski definition) is 8. The molecule has 8 nitrogen and oxygen atoms in total. The summed E-state index contributed by atoms with van der Waals surface area (Å²) >= 11 is 7.62. The molecule has 4 heterocycles. The van der Waals surface area contributed by atoms with E-state index in [4.69, 9.17) is 26.8 Å². The van der Waals surface area contributed by atoms with Gasteiger partial charge in [0, 0.05) is 40.6 Å². The normalized spacial score (nSPS) is 24.8. The van der Waals surface area contributed by atoms with Crippen LogP contribution in [-0.4, -0.2) is 36.9 Å². The molecule has 3 N–H and O–H groups in total. The first-order valence-corrected chi connectivity index (χ1v) is 13.0. The number of fused-ring (bicyclic) bond motifs is 2. The minimum Gasteiger partial charge on any atom is -0.383 e. The van der Waals surface area contributed by atoms with Gasteiger partial charge >= 0.3 is 0 Å². The lowest BCUT2D eigenvalue weighted by atomic mass is 9.92. The maximum absolute atomic E-state index is 6.51. The van der Waals surface area contributed by atoms with E-state index in [0.29, 0.717) is 11.5 Å².